The van der Waals surface area contributed by atoms with E-state index in [4.69, 9.17) is 5.11 Å². The number of carboxylic acid groups (broad SMARTS) is 1. The van der Waals surface area contributed by atoms with Crippen LogP contribution in [0.1, 0.15) is 56.7 Å². The molecule has 140 valence electrons. The summed E-state index contributed by atoms with van der Waals surface area (Å²) in [6.07, 6.45) is 1.37. The zero-order chi connectivity index (χ0) is 19.6. The van der Waals surface area contributed by atoms with Gasteiger partial charge in [-0.05, 0) is 60.7 Å². The molecule has 0 radical (unpaired) electrons. The van der Waals surface area contributed by atoms with E-state index < -0.39 is 5.97 Å². The highest BCUT2D eigenvalue weighted by Crippen LogP contribution is 2.35. The predicted octanol–water partition coefficient (Wildman–Crippen LogP) is 3.11. The topological polar surface area (TPSA) is 95.5 Å². The minimum Gasteiger partial charge on any atom is -0.478 e. The first-order chi connectivity index (χ1) is 12.9. The molecule has 2 amide bonds. The molecule has 0 saturated heterocycles. The molecule has 3 rings (SSSR count). The lowest BCUT2D eigenvalue weighted by Crippen LogP contribution is -2.27. The average molecular weight is 366 g/mol. The number of carbonyl (C=O) groups is 3. The Kier molecular flexibility index (Phi) is 5.26. The van der Waals surface area contributed by atoms with Crippen LogP contribution in [0.25, 0.3) is 0 Å². The van der Waals surface area contributed by atoms with Crippen LogP contribution in [0.2, 0.25) is 0 Å². The molecule has 1 heterocycles. The summed E-state index contributed by atoms with van der Waals surface area (Å²) in [6, 6.07) is 10.5. The van der Waals surface area contributed by atoms with Crippen molar-refractivity contribution in [2.24, 2.45) is 0 Å². The number of carbonyl (C=O) groups excluding carboxylic acids is 2. The summed E-state index contributed by atoms with van der Waals surface area (Å²) in [7, 11) is 0. The Morgan fingerprint density at radius 3 is 2.59 bits per heavy atom. The quantitative estimate of drug-likeness (QED) is 0.732. The highest BCUT2D eigenvalue weighted by Gasteiger charge is 2.30. The lowest BCUT2D eigenvalue weighted by atomic mass is 9.95. The predicted molar refractivity (Wildman–Crippen MR) is 102 cm³/mol. The maximum atomic E-state index is 12.4. The van der Waals surface area contributed by atoms with Crippen molar-refractivity contribution in [3.63, 3.8) is 0 Å². The van der Waals surface area contributed by atoms with Gasteiger partial charge in [0.05, 0.1) is 11.5 Å². The summed E-state index contributed by atoms with van der Waals surface area (Å²) in [6.45, 7) is 4.13. The number of fused-ring (bicyclic) bond motifs is 1. The fourth-order valence-electron chi connectivity index (χ4n) is 3.35. The van der Waals surface area contributed by atoms with Crippen LogP contribution in [0.3, 0.4) is 0 Å². The van der Waals surface area contributed by atoms with Crippen LogP contribution in [-0.2, 0) is 11.2 Å². The van der Waals surface area contributed by atoms with Crippen molar-refractivity contribution in [2.45, 2.75) is 32.6 Å². The number of anilines is 1. The Balaban J connectivity index is 1.66. The number of amides is 2. The summed E-state index contributed by atoms with van der Waals surface area (Å²) < 4.78 is 0. The van der Waals surface area contributed by atoms with E-state index in [0.717, 1.165) is 17.7 Å². The normalized spacial score (nSPS) is 15.2. The van der Waals surface area contributed by atoms with Gasteiger partial charge >= 0.3 is 5.97 Å². The second kappa shape index (κ2) is 7.61. The summed E-state index contributed by atoms with van der Waals surface area (Å²) >= 11 is 0. The molecule has 2 aromatic carbocycles. The second-order valence-corrected chi connectivity index (χ2v) is 6.75. The Bertz CT molecular complexity index is 920. The second-order valence-electron chi connectivity index (χ2n) is 6.75. The van der Waals surface area contributed by atoms with Gasteiger partial charge in [0, 0.05) is 17.8 Å². The minimum atomic E-state index is -1.07. The van der Waals surface area contributed by atoms with Gasteiger partial charge in [-0.2, -0.15) is 0 Å². The lowest BCUT2D eigenvalue weighted by Gasteiger charge is -2.11. The van der Waals surface area contributed by atoms with Crippen molar-refractivity contribution < 1.29 is 19.5 Å². The van der Waals surface area contributed by atoms with Crippen molar-refractivity contribution in [2.75, 3.05) is 11.9 Å². The maximum absolute atomic E-state index is 12.4. The van der Waals surface area contributed by atoms with E-state index in [-0.39, 0.29) is 23.3 Å². The molecule has 1 aliphatic rings. The van der Waals surface area contributed by atoms with Gasteiger partial charge in [0.25, 0.3) is 5.91 Å². The van der Waals surface area contributed by atoms with Gasteiger partial charge in [-0.25, -0.2) is 4.79 Å². The van der Waals surface area contributed by atoms with Gasteiger partial charge in [0.15, 0.2) is 0 Å². The molecule has 6 nitrogen and oxygen atoms in total. The van der Waals surface area contributed by atoms with Crippen LogP contribution in [0.15, 0.2) is 36.4 Å². The van der Waals surface area contributed by atoms with Crippen molar-refractivity contribution in [1.82, 2.24) is 5.32 Å². The van der Waals surface area contributed by atoms with E-state index in [9.17, 15) is 14.4 Å². The zero-order valence-corrected chi connectivity index (χ0v) is 15.3. The number of aromatic carboxylic acids is 1. The van der Waals surface area contributed by atoms with E-state index in [1.165, 1.54) is 17.7 Å². The Morgan fingerprint density at radius 2 is 1.89 bits per heavy atom. The van der Waals surface area contributed by atoms with Crippen molar-refractivity contribution in [3.05, 3.63) is 64.2 Å². The molecule has 1 aliphatic heterocycles. The van der Waals surface area contributed by atoms with Crippen LogP contribution in [0, 0.1) is 6.92 Å². The largest absolute Gasteiger partial charge is 0.478 e. The number of rotatable bonds is 6. The first kappa shape index (κ1) is 18.6. The molecule has 6 heteroatoms. The summed E-state index contributed by atoms with van der Waals surface area (Å²) in [5.74, 6) is -1.77. The smallest absolute Gasteiger partial charge is 0.335 e. The third kappa shape index (κ3) is 4.00. The standard InChI is InChI=1S/C21H22N2O4/c1-3-13-4-5-18-17(10-13)16(20(25)23-18)6-7-22-19(24)14-8-12(2)9-15(11-14)21(26)27/h4-5,8-11,16H,3,6-7H2,1-2H3,(H,22,24)(H,23,25)(H,26,27). The zero-order valence-electron chi connectivity index (χ0n) is 15.3. The molecule has 3 N–H and O–H groups in total. The molecule has 0 fully saturated rings. The maximum Gasteiger partial charge on any atom is 0.335 e. The van der Waals surface area contributed by atoms with Gasteiger partial charge in [0.2, 0.25) is 5.91 Å². The van der Waals surface area contributed by atoms with Crippen molar-refractivity contribution in [1.29, 1.82) is 0 Å². The lowest BCUT2D eigenvalue weighted by molar-refractivity contribution is -0.117. The van der Waals surface area contributed by atoms with Gasteiger partial charge in [-0.3, -0.25) is 9.59 Å². The summed E-state index contributed by atoms with van der Waals surface area (Å²) in [4.78, 5) is 35.8. The Morgan fingerprint density at radius 1 is 1.15 bits per heavy atom. The van der Waals surface area contributed by atoms with Crippen LogP contribution in [0.4, 0.5) is 5.69 Å². The average Bonchev–Trinajstić information content (AvgIpc) is 2.95. The first-order valence-electron chi connectivity index (χ1n) is 8.96. The molecule has 0 saturated carbocycles. The number of hydrogen-bond donors (Lipinski definition) is 3. The molecular weight excluding hydrogens is 344 g/mol. The van der Waals surface area contributed by atoms with E-state index in [2.05, 4.69) is 17.6 Å². The monoisotopic (exact) mass is 366 g/mol. The van der Waals surface area contributed by atoms with Gasteiger partial charge in [0.1, 0.15) is 0 Å². The third-order valence-electron chi connectivity index (χ3n) is 4.78. The number of aryl methyl sites for hydroxylation is 2. The number of hydrogen-bond acceptors (Lipinski definition) is 3. The van der Waals surface area contributed by atoms with E-state index in [1.807, 2.05) is 18.2 Å². The molecule has 0 aliphatic carbocycles. The fourth-order valence-corrected chi connectivity index (χ4v) is 3.35. The summed E-state index contributed by atoms with van der Waals surface area (Å²) in [5, 5.41) is 14.8. The summed E-state index contributed by atoms with van der Waals surface area (Å²) in [5.41, 5.74) is 4.06. The van der Waals surface area contributed by atoms with Crippen LogP contribution in [-0.4, -0.2) is 29.4 Å². The van der Waals surface area contributed by atoms with Crippen LogP contribution >= 0.6 is 0 Å². The number of benzene rings is 2. The van der Waals surface area contributed by atoms with Crippen molar-refractivity contribution in [3.8, 4) is 0 Å². The molecule has 1 atom stereocenters. The molecule has 27 heavy (non-hydrogen) atoms. The van der Waals surface area contributed by atoms with Gasteiger partial charge in [-0.15, -0.1) is 0 Å². The molecule has 0 aromatic heterocycles. The van der Waals surface area contributed by atoms with E-state index >= 15 is 0 Å². The van der Waals surface area contributed by atoms with Crippen molar-refractivity contribution >= 4 is 23.5 Å². The number of carboxylic acids is 1. The van der Waals surface area contributed by atoms with Gasteiger partial charge in [-0.1, -0.05) is 19.1 Å². The van der Waals surface area contributed by atoms with Crippen LogP contribution in [0.5, 0.6) is 0 Å². The first-order valence-corrected chi connectivity index (χ1v) is 8.96. The van der Waals surface area contributed by atoms with Gasteiger partial charge < -0.3 is 15.7 Å². The highest BCUT2D eigenvalue weighted by atomic mass is 16.4. The van der Waals surface area contributed by atoms with E-state index in [1.54, 1.807) is 13.0 Å². The Hall–Kier alpha value is -3.15. The Labute approximate surface area is 157 Å². The highest BCUT2D eigenvalue weighted by molar-refractivity contribution is 6.03. The molecule has 0 spiro atoms. The SMILES string of the molecule is CCc1ccc2c(c1)C(CCNC(=O)c1cc(C)cc(C(=O)O)c1)C(=O)N2. The molecule has 0 bridgehead atoms. The molecule has 2 aromatic rings. The number of nitrogens with one attached hydrogen (secondary N) is 2. The molecular formula is C21H22N2O4. The minimum absolute atomic E-state index is 0.0591. The van der Waals surface area contributed by atoms with Crippen LogP contribution < -0.4 is 10.6 Å². The third-order valence-corrected chi connectivity index (χ3v) is 4.78. The molecule has 1 unspecified atom stereocenters. The fraction of sp³-hybridized carbons (Fsp3) is 0.286. The van der Waals surface area contributed by atoms with E-state index in [0.29, 0.717) is 24.1 Å².